The number of hydrogen-bond acceptors (Lipinski definition) is 8. The Morgan fingerprint density at radius 1 is 0.439 bits per heavy atom. The van der Waals surface area contributed by atoms with Gasteiger partial charge in [0, 0.05) is 99.0 Å². The van der Waals surface area contributed by atoms with Crippen molar-refractivity contribution in [3.05, 3.63) is 114 Å². The maximum atomic E-state index is 13.3. The van der Waals surface area contributed by atoms with Gasteiger partial charge >= 0.3 is 0 Å². The number of nitrogens with zero attached hydrogens (tertiary/aromatic N) is 7. The van der Waals surface area contributed by atoms with Gasteiger partial charge in [0.25, 0.3) is 35.4 Å². The first-order valence-electron chi connectivity index (χ1n) is 21.1. The topological polar surface area (TPSA) is 237 Å². The predicted molar refractivity (Wildman–Crippen MR) is 250 cm³/mol. The summed E-state index contributed by atoms with van der Waals surface area (Å²) in [5.74, 6) is -2.62. The van der Waals surface area contributed by atoms with Crippen LogP contribution in [0.1, 0.15) is 82.2 Å². The van der Waals surface area contributed by atoms with Crippen molar-refractivity contribution in [2.75, 3.05) is 60.3 Å². The number of amides is 7. The first-order chi connectivity index (χ1) is 31.4. The SMILES string of the molecule is CN(C)CCCNC(=O)c1cc(NC(=O)c2cc(NC(=O)c3cc(NC(=O)CCCNC(=O)c4cc(NC(=O)c5cc(NC(=O)c6cccn6C)cn5C)cn4C)cn3C)cn2C)cn1C. The smallest absolute Gasteiger partial charge is 0.272 e. The van der Waals surface area contributed by atoms with Gasteiger partial charge in [-0.25, -0.2) is 0 Å². The molecule has 0 radical (unpaired) electrons. The molecule has 6 aromatic rings. The maximum Gasteiger partial charge on any atom is 0.272 e. The lowest BCUT2D eigenvalue weighted by atomic mass is 10.2. The van der Waals surface area contributed by atoms with Gasteiger partial charge in [-0.2, -0.15) is 0 Å². The predicted octanol–water partition coefficient (Wildman–Crippen LogP) is 3.56. The van der Waals surface area contributed by atoms with Gasteiger partial charge in [-0.15, -0.1) is 0 Å². The van der Waals surface area contributed by atoms with E-state index in [1.807, 2.05) is 19.0 Å². The molecule has 7 amide bonds. The minimum atomic E-state index is -0.468. The highest BCUT2D eigenvalue weighted by Gasteiger charge is 2.21. The summed E-state index contributed by atoms with van der Waals surface area (Å²) < 4.78 is 9.62. The van der Waals surface area contributed by atoms with Crippen LogP contribution in [-0.2, 0) is 47.1 Å². The Morgan fingerprint density at radius 3 is 1.12 bits per heavy atom. The van der Waals surface area contributed by atoms with Crippen LogP contribution >= 0.6 is 0 Å². The molecule has 0 saturated carbocycles. The van der Waals surface area contributed by atoms with Crippen molar-refractivity contribution in [3.63, 3.8) is 0 Å². The zero-order valence-electron chi connectivity index (χ0n) is 38.2. The van der Waals surface area contributed by atoms with E-state index in [0.717, 1.165) is 13.0 Å². The third-order valence-electron chi connectivity index (χ3n) is 10.6. The number of aryl methyl sites for hydroxylation is 6. The van der Waals surface area contributed by atoms with E-state index in [1.54, 1.807) is 131 Å². The summed E-state index contributed by atoms with van der Waals surface area (Å²) in [4.78, 5) is 92.9. The number of aromatic nitrogens is 6. The summed E-state index contributed by atoms with van der Waals surface area (Å²) in [6.07, 6.45) is 11.1. The Morgan fingerprint density at radius 2 is 0.773 bits per heavy atom. The largest absolute Gasteiger partial charge is 0.351 e. The molecule has 6 heterocycles. The molecule has 21 heteroatoms. The number of hydrogen-bond donors (Lipinski definition) is 7. The third kappa shape index (κ3) is 11.7. The lowest BCUT2D eigenvalue weighted by Gasteiger charge is -2.10. The van der Waals surface area contributed by atoms with E-state index in [2.05, 4.69) is 37.2 Å². The Kier molecular flexibility index (Phi) is 14.8. The average molecular weight is 905 g/mol. The van der Waals surface area contributed by atoms with E-state index in [4.69, 9.17) is 0 Å². The fraction of sp³-hybridized carbons (Fsp3) is 0.311. The van der Waals surface area contributed by atoms with Gasteiger partial charge in [-0.1, -0.05) is 0 Å². The van der Waals surface area contributed by atoms with Crippen LogP contribution in [0.5, 0.6) is 0 Å². The monoisotopic (exact) mass is 904 g/mol. The van der Waals surface area contributed by atoms with Crippen molar-refractivity contribution in [3.8, 4) is 0 Å². The Labute approximate surface area is 381 Å². The van der Waals surface area contributed by atoms with E-state index in [9.17, 15) is 33.6 Å². The van der Waals surface area contributed by atoms with Crippen LogP contribution in [-0.4, -0.2) is 107 Å². The van der Waals surface area contributed by atoms with Gasteiger partial charge in [-0.3, -0.25) is 33.6 Å². The second-order valence-corrected chi connectivity index (χ2v) is 16.3. The second kappa shape index (κ2) is 20.6. The molecule has 0 spiro atoms. The van der Waals surface area contributed by atoms with E-state index in [-0.39, 0.29) is 47.8 Å². The second-order valence-electron chi connectivity index (χ2n) is 16.3. The Hall–Kier alpha value is -8.07. The fourth-order valence-electron chi connectivity index (χ4n) is 7.22. The van der Waals surface area contributed by atoms with Crippen LogP contribution in [0.4, 0.5) is 28.4 Å². The summed E-state index contributed by atoms with van der Waals surface area (Å²) in [6, 6.07) is 11.2. The van der Waals surface area contributed by atoms with Crippen molar-refractivity contribution in [1.29, 1.82) is 0 Å². The highest BCUT2D eigenvalue weighted by Crippen LogP contribution is 2.21. The minimum absolute atomic E-state index is 0.0822. The van der Waals surface area contributed by atoms with Crippen molar-refractivity contribution < 1.29 is 33.6 Å². The van der Waals surface area contributed by atoms with Crippen LogP contribution in [0.2, 0.25) is 0 Å². The van der Waals surface area contributed by atoms with E-state index in [1.165, 1.54) is 18.2 Å². The number of nitrogens with one attached hydrogen (secondary N) is 7. The fourth-order valence-corrected chi connectivity index (χ4v) is 7.22. The quantitative estimate of drug-likeness (QED) is 0.0593. The molecule has 348 valence electrons. The van der Waals surface area contributed by atoms with Crippen LogP contribution < -0.4 is 37.2 Å². The summed E-state index contributed by atoms with van der Waals surface area (Å²) >= 11 is 0. The molecule has 0 unspecified atom stereocenters. The molecule has 0 aliphatic carbocycles. The Balaban J connectivity index is 0.933. The van der Waals surface area contributed by atoms with Gasteiger partial charge < -0.3 is 69.5 Å². The van der Waals surface area contributed by atoms with E-state index < -0.39 is 23.6 Å². The van der Waals surface area contributed by atoms with Crippen molar-refractivity contribution in [2.24, 2.45) is 42.3 Å². The molecule has 0 aliphatic rings. The molecule has 0 atom stereocenters. The zero-order valence-corrected chi connectivity index (χ0v) is 38.2. The number of rotatable bonds is 19. The molecule has 7 N–H and O–H groups in total. The van der Waals surface area contributed by atoms with Crippen LogP contribution in [0, 0.1) is 0 Å². The highest BCUT2D eigenvalue weighted by molar-refractivity contribution is 6.09. The standard InChI is InChI=1S/C45H56N14O7/c1-53(2)16-11-15-47-41(62)35-20-30(25-56(35)5)51-45(66)38-22-32(27-59(38)8)52-43(64)36-18-28(23-57(36)6)48-39(60)13-9-14-46-40(61)34-19-29(24-55(34)4)50-44(65)37-21-31(26-58(37)7)49-42(63)33-12-10-17-54(33)3/h10,12,17-27H,9,11,13-16H2,1-8H3,(H,46,61)(H,47,62)(H,48,60)(H,49,63)(H,50,65)(H,51,66)(H,52,64). The third-order valence-corrected chi connectivity index (χ3v) is 10.6. The molecule has 66 heavy (non-hydrogen) atoms. The van der Waals surface area contributed by atoms with E-state index in [0.29, 0.717) is 58.5 Å². The molecular formula is C45H56N14O7. The highest BCUT2D eigenvalue weighted by atomic mass is 16.2. The normalized spacial score (nSPS) is 11.0. The lowest BCUT2D eigenvalue weighted by Crippen LogP contribution is -2.28. The van der Waals surface area contributed by atoms with Crippen molar-refractivity contribution in [2.45, 2.75) is 19.3 Å². The molecular weight excluding hydrogens is 849 g/mol. The minimum Gasteiger partial charge on any atom is -0.351 e. The molecule has 6 aromatic heterocycles. The van der Waals surface area contributed by atoms with Crippen LogP contribution in [0.15, 0.2) is 79.6 Å². The number of carbonyl (C=O) groups is 7. The molecule has 0 bridgehead atoms. The van der Waals surface area contributed by atoms with Gasteiger partial charge in [-0.05, 0) is 75.9 Å². The van der Waals surface area contributed by atoms with Crippen molar-refractivity contribution >= 4 is 69.8 Å². The lowest BCUT2D eigenvalue weighted by molar-refractivity contribution is -0.116. The summed E-state index contributed by atoms with van der Waals surface area (Å²) in [5.41, 5.74) is 4.02. The number of carbonyl (C=O) groups excluding carboxylic acids is 7. The van der Waals surface area contributed by atoms with E-state index >= 15 is 0 Å². The van der Waals surface area contributed by atoms with Crippen LogP contribution in [0.25, 0.3) is 0 Å². The molecule has 0 aliphatic heterocycles. The first kappa shape index (κ1) is 47.4. The average Bonchev–Trinajstić information content (AvgIpc) is 4.11. The van der Waals surface area contributed by atoms with Gasteiger partial charge in [0.2, 0.25) is 5.91 Å². The molecule has 21 nitrogen and oxygen atoms in total. The molecule has 0 aromatic carbocycles. The first-order valence-corrected chi connectivity index (χ1v) is 21.1. The van der Waals surface area contributed by atoms with Crippen LogP contribution in [0.3, 0.4) is 0 Å². The van der Waals surface area contributed by atoms with Gasteiger partial charge in [0.15, 0.2) is 0 Å². The van der Waals surface area contributed by atoms with Gasteiger partial charge in [0.1, 0.15) is 34.2 Å². The zero-order chi connectivity index (χ0) is 47.8. The van der Waals surface area contributed by atoms with Gasteiger partial charge in [0.05, 0.1) is 28.4 Å². The summed E-state index contributed by atoms with van der Waals surface area (Å²) in [7, 11) is 14.1. The molecule has 0 fully saturated rings. The maximum absolute atomic E-state index is 13.3. The molecule has 6 rings (SSSR count). The summed E-state index contributed by atoms with van der Waals surface area (Å²) in [6.45, 7) is 1.56. The summed E-state index contributed by atoms with van der Waals surface area (Å²) in [5, 5.41) is 19.7. The number of anilines is 5. The Bertz CT molecular complexity index is 2790. The van der Waals surface area contributed by atoms with Crippen molar-refractivity contribution in [1.82, 2.24) is 42.9 Å². The molecule has 0 saturated heterocycles.